The van der Waals surface area contributed by atoms with Gasteiger partial charge in [0.25, 0.3) is 5.91 Å². The van der Waals surface area contributed by atoms with Gasteiger partial charge in [-0.3, -0.25) is 4.79 Å². The van der Waals surface area contributed by atoms with Crippen molar-refractivity contribution in [2.24, 2.45) is 17.8 Å². The lowest BCUT2D eigenvalue weighted by Gasteiger charge is -2.34. The molecule has 4 nitrogen and oxygen atoms in total. The van der Waals surface area contributed by atoms with Crippen LogP contribution in [0.2, 0.25) is 0 Å². The van der Waals surface area contributed by atoms with E-state index >= 15 is 0 Å². The zero-order valence-corrected chi connectivity index (χ0v) is 11.4. The number of carbonyl (C=O) groups is 1. The first kappa shape index (κ1) is 12.6. The third-order valence-corrected chi connectivity index (χ3v) is 4.73. The van der Waals surface area contributed by atoms with Crippen LogP contribution in [0.4, 0.5) is 0 Å². The minimum absolute atomic E-state index is 0.0407. The van der Waals surface area contributed by atoms with Gasteiger partial charge in [-0.15, -0.1) is 0 Å². The highest BCUT2D eigenvalue weighted by atomic mass is 16.3. The largest absolute Gasteiger partial charge is 0.394 e. The minimum Gasteiger partial charge on any atom is -0.394 e. The van der Waals surface area contributed by atoms with Gasteiger partial charge in [0.1, 0.15) is 5.69 Å². The molecule has 4 heteroatoms. The van der Waals surface area contributed by atoms with Gasteiger partial charge >= 0.3 is 0 Å². The van der Waals surface area contributed by atoms with E-state index in [1.54, 1.807) is 6.07 Å². The van der Waals surface area contributed by atoms with E-state index in [0.717, 1.165) is 18.7 Å². The number of nitrogens with zero attached hydrogens (tertiary/aromatic N) is 2. The maximum absolute atomic E-state index is 12.5. The molecular formula is C15H20N2O2. The Labute approximate surface area is 113 Å². The summed E-state index contributed by atoms with van der Waals surface area (Å²) in [4.78, 5) is 18.7. The van der Waals surface area contributed by atoms with Crippen LogP contribution < -0.4 is 0 Å². The molecule has 0 aromatic carbocycles. The van der Waals surface area contributed by atoms with Gasteiger partial charge in [-0.2, -0.15) is 0 Å². The second kappa shape index (κ2) is 4.60. The lowest BCUT2D eigenvalue weighted by Crippen LogP contribution is -2.46. The van der Waals surface area contributed by atoms with Crippen LogP contribution in [0.5, 0.6) is 0 Å². The predicted molar refractivity (Wildman–Crippen MR) is 71.6 cm³/mol. The smallest absolute Gasteiger partial charge is 0.272 e. The Hall–Kier alpha value is -1.42. The molecule has 3 rings (SSSR count). The Kier molecular flexibility index (Phi) is 3.05. The molecule has 1 aliphatic carbocycles. The normalized spacial score (nSPS) is 32.9. The van der Waals surface area contributed by atoms with Crippen molar-refractivity contribution in [3.63, 3.8) is 0 Å². The van der Waals surface area contributed by atoms with Crippen LogP contribution in [-0.2, 0) is 0 Å². The van der Waals surface area contributed by atoms with E-state index in [9.17, 15) is 9.90 Å². The Morgan fingerprint density at radius 1 is 1.47 bits per heavy atom. The standard InChI is InChI=1S/C15H20N2O2/c1-9-4-3-5-14(16-9)15(19)17-7-13-10(2)12(13)6-11(17)8-18/h3-5,10-13,18H,6-8H2,1-2H3/t10-,11+,12+,13-/m1/s1. The molecule has 1 N–H and O–H groups in total. The molecule has 102 valence electrons. The highest BCUT2D eigenvalue weighted by Gasteiger charge is 2.53. The van der Waals surface area contributed by atoms with Crippen LogP contribution in [0, 0.1) is 24.7 Å². The molecule has 1 aromatic heterocycles. The van der Waals surface area contributed by atoms with E-state index in [-0.39, 0.29) is 18.6 Å². The number of hydrogen-bond acceptors (Lipinski definition) is 3. The number of aliphatic hydroxyl groups excluding tert-OH is 1. The topological polar surface area (TPSA) is 53.4 Å². The lowest BCUT2D eigenvalue weighted by molar-refractivity contribution is 0.0480. The number of pyridine rings is 1. The summed E-state index contributed by atoms with van der Waals surface area (Å²) in [6, 6.07) is 5.46. The number of aliphatic hydroxyl groups is 1. The predicted octanol–water partition coefficient (Wildman–Crippen LogP) is 1.48. The van der Waals surface area contributed by atoms with Crippen molar-refractivity contribution in [1.29, 1.82) is 0 Å². The first-order chi connectivity index (χ1) is 9.11. The van der Waals surface area contributed by atoms with Crippen LogP contribution in [0.1, 0.15) is 29.5 Å². The lowest BCUT2D eigenvalue weighted by atomic mass is 10.0. The fourth-order valence-corrected chi connectivity index (χ4v) is 3.38. The average molecular weight is 260 g/mol. The molecular weight excluding hydrogens is 240 g/mol. The number of amides is 1. The van der Waals surface area contributed by atoms with Gasteiger partial charge < -0.3 is 10.0 Å². The van der Waals surface area contributed by atoms with Crippen molar-refractivity contribution in [3.8, 4) is 0 Å². The van der Waals surface area contributed by atoms with Crippen molar-refractivity contribution < 1.29 is 9.90 Å². The highest BCUT2D eigenvalue weighted by Crippen LogP contribution is 2.52. The molecule has 2 heterocycles. The second-order valence-electron chi connectivity index (χ2n) is 5.88. The Morgan fingerprint density at radius 3 is 2.95 bits per heavy atom. The molecule has 1 aromatic rings. The van der Waals surface area contributed by atoms with Gasteiger partial charge in [0.05, 0.1) is 12.6 Å². The molecule has 2 fully saturated rings. The summed E-state index contributed by atoms with van der Waals surface area (Å²) in [5.41, 5.74) is 1.34. The summed E-state index contributed by atoms with van der Waals surface area (Å²) in [5, 5.41) is 9.52. The van der Waals surface area contributed by atoms with Gasteiger partial charge in [-0.1, -0.05) is 13.0 Å². The molecule has 1 saturated carbocycles. The van der Waals surface area contributed by atoms with Crippen LogP contribution in [0.3, 0.4) is 0 Å². The number of piperidine rings is 1. The number of carbonyl (C=O) groups excluding carboxylic acids is 1. The van der Waals surface area contributed by atoms with E-state index in [0.29, 0.717) is 23.4 Å². The average Bonchev–Trinajstić information content (AvgIpc) is 3.06. The van der Waals surface area contributed by atoms with Crippen molar-refractivity contribution in [2.45, 2.75) is 26.3 Å². The number of rotatable bonds is 2. The van der Waals surface area contributed by atoms with Crippen molar-refractivity contribution >= 4 is 5.91 Å². The number of likely N-dealkylation sites (tertiary alicyclic amines) is 1. The van der Waals surface area contributed by atoms with Gasteiger partial charge in [-0.25, -0.2) is 4.98 Å². The summed E-state index contributed by atoms with van der Waals surface area (Å²) < 4.78 is 0. The molecule has 0 bridgehead atoms. The zero-order chi connectivity index (χ0) is 13.6. The third kappa shape index (κ3) is 2.14. The van der Waals surface area contributed by atoms with Crippen LogP contribution in [0.25, 0.3) is 0 Å². The molecule has 2 aliphatic rings. The molecule has 0 unspecified atom stereocenters. The van der Waals surface area contributed by atoms with Gasteiger partial charge in [0, 0.05) is 12.2 Å². The van der Waals surface area contributed by atoms with Crippen molar-refractivity contribution in [2.75, 3.05) is 13.2 Å². The fraction of sp³-hybridized carbons (Fsp3) is 0.600. The summed E-state index contributed by atoms with van der Waals surface area (Å²) in [6.45, 7) is 4.94. The summed E-state index contributed by atoms with van der Waals surface area (Å²) in [5.74, 6) is 1.97. The Balaban J connectivity index is 1.81. The molecule has 0 spiro atoms. The van der Waals surface area contributed by atoms with Crippen molar-refractivity contribution in [1.82, 2.24) is 9.88 Å². The van der Waals surface area contributed by atoms with Crippen LogP contribution >= 0.6 is 0 Å². The Bertz CT molecular complexity index is 503. The summed E-state index contributed by atoms with van der Waals surface area (Å²) in [6.07, 6.45) is 0.930. The molecule has 1 amide bonds. The van der Waals surface area contributed by atoms with E-state index in [4.69, 9.17) is 0 Å². The van der Waals surface area contributed by atoms with E-state index in [1.165, 1.54) is 0 Å². The maximum Gasteiger partial charge on any atom is 0.272 e. The van der Waals surface area contributed by atoms with Gasteiger partial charge in [0.2, 0.25) is 0 Å². The fourth-order valence-electron chi connectivity index (χ4n) is 3.38. The van der Waals surface area contributed by atoms with E-state index < -0.39 is 0 Å². The monoisotopic (exact) mass is 260 g/mol. The SMILES string of the molecule is Cc1cccc(C(=O)N2C[C@@H]3[C@H](C)[C@@H]3C[C@H]2CO)n1. The molecule has 4 atom stereocenters. The summed E-state index contributed by atoms with van der Waals surface area (Å²) >= 11 is 0. The summed E-state index contributed by atoms with van der Waals surface area (Å²) in [7, 11) is 0. The highest BCUT2D eigenvalue weighted by molar-refractivity contribution is 5.92. The molecule has 19 heavy (non-hydrogen) atoms. The number of aromatic nitrogens is 1. The Morgan fingerprint density at radius 2 is 2.26 bits per heavy atom. The quantitative estimate of drug-likeness (QED) is 0.876. The maximum atomic E-state index is 12.5. The van der Waals surface area contributed by atoms with Gasteiger partial charge in [0.15, 0.2) is 0 Å². The van der Waals surface area contributed by atoms with Crippen molar-refractivity contribution in [3.05, 3.63) is 29.6 Å². The molecule has 1 aliphatic heterocycles. The minimum atomic E-state index is -0.0414. The second-order valence-corrected chi connectivity index (χ2v) is 5.88. The zero-order valence-electron chi connectivity index (χ0n) is 11.4. The number of aryl methyl sites for hydroxylation is 1. The first-order valence-electron chi connectivity index (χ1n) is 6.97. The third-order valence-electron chi connectivity index (χ3n) is 4.73. The number of fused-ring (bicyclic) bond motifs is 1. The van der Waals surface area contributed by atoms with Gasteiger partial charge in [-0.05, 0) is 43.2 Å². The molecule has 0 radical (unpaired) electrons. The molecule has 1 saturated heterocycles. The first-order valence-corrected chi connectivity index (χ1v) is 6.97. The van der Waals surface area contributed by atoms with Crippen LogP contribution in [-0.4, -0.2) is 40.1 Å². The van der Waals surface area contributed by atoms with E-state index in [2.05, 4.69) is 11.9 Å². The number of hydrogen-bond donors (Lipinski definition) is 1. The van der Waals surface area contributed by atoms with Crippen LogP contribution in [0.15, 0.2) is 18.2 Å². The van der Waals surface area contributed by atoms with E-state index in [1.807, 2.05) is 24.0 Å².